The molecule has 4 rings (SSSR count). The molecule has 1 aliphatic heterocycles. The molecule has 0 fully saturated rings. The van der Waals surface area contributed by atoms with Gasteiger partial charge >= 0.3 is 6.18 Å². The molecule has 1 amide bonds. The number of benzene rings is 1. The third-order valence-corrected chi connectivity index (χ3v) is 6.39. The van der Waals surface area contributed by atoms with Crippen LogP contribution in [-0.4, -0.2) is 21.9 Å². The van der Waals surface area contributed by atoms with Gasteiger partial charge in [-0.15, -0.1) is 11.3 Å². The summed E-state index contributed by atoms with van der Waals surface area (Å²) in [4.78, 5) is 13.6. The van der Waals surface area contributed by atoms with Crippen molar-refractivity contribution in [3.8, 4) is 0 Å². The Bertz CT molecular complexity index is 1060. The Hall–Kier alpha value is -2.52. The van der Waals surface area contributed by atoms with Gasteiger partial charge in [0.25, 0.3) is 5.91 Å². The molecule has 0 saturated carbocycles. The van der Waals surface area contributed by atoms with Crippen LogP contribution in [0.5, 0.6) is 0 Å². The van der Waals surface area contributed by atoms with Gasteiger partial charge in [0.1, 0.15) is 10.8 Å². The molecule has 1 aromatic carbocycles. The molecule has 2 atom stereocenters. The number of fused-ring (bicyclic) bond motifs is 1. The molecule has 158 valence electrons. The Balaban J connectivity index is 1.70. The van der Waals surface area contributed by atoms with Crippen molar-refractivity contribution in [1.29, 1.82) is 0 Å². The fraction of sp³-hybridized carbons (Fsp3) is 0.300. The van der Waals surface area contributed by atoms with E-state index in [2.05, 4.69) is 15.7 Å². The number of nitrogens with one attached hydrogen (secondary N) is 2. The molecule has 3 heterocycles. The fourth-order valence-corrected chi connectivity index (χ4v) is 4.60. The predicted molar refractivity (Wildman–Crippen MR) is 111 cm³/mol. The van der Waals surface area contributed by atoms with E-state index in [-0.39, 0.29) is 23.0 Å². The third kappa shape index (κ3) is 3.79. The van der Waals surface area contributed by atoms with Gasteiger partial charge in [-0.3, -0.25) is 4.79 Å². The van der Waals surface area contributed by atoms with Crippen molar-refractivity contribution < 1.29 is 18.0 Å². The second kappa shape index (κ2) is 7.96. The lowest BCUT2D eigenvalue weighted by molar-refractivity contribution is -0.173. The number of halogens is 4. The SMILES string of the molecule is CCc1ccccc1NC(=O)c1nn2c(c1Cl)N[C@@H](c1cccs1)C[C@@H]2C(F)(F)F. The Morgan fingerprint density at radius 2 is 2.10 bits per heavy atom. The average Bonchev–Trinajstić information content (AvgIpc) is 3.35. The summed E-state index contributed by atoms with van der Waals surface area (Å²) < 4.78 is 42.2. The zero-order valence-electron chi connectivity index (χ0n) is 15.8. The summed E-state index contributed by atoms with van der Waals surface area (Å²) in [6, 6.07) is 8.29. The van der Waals surface area contributed by atoms with Crippen LogP contribution in [0.2, 0.25) is 5.02 Å². The number of aryl methyl sites for hydroxylation is 1. The van der Waals surface area contributed by atoms with Crippen molar-refractivity contribution in [3.05, 3.63) is 62.9 Å². The van der Waals surface area contributed by atoms with Gasteiger partial charge in [-0.1, -0.05) is 42.8 Å². The molecule has 0 spiro atoms. The number of para-hydroxylation sites is 1. The molecule has 0 aliphatic carbocycles. The molecule has 2 aromatic heterocycles. The molecule has 0 saturated heterocycles. The molecular formula is C20H18ClF3N4OS. The van der Waals surface area contributed by atoms with Gasteiger partial charge in [-0.25, -0.2) is 4.68 Å². The van der Waals surface area contributed by atoms with Gasteiger partial charge in [0.05, 0.1) is 6.04 Å². The fourth-order valence-electron chi connectivity index (χ4n) is 3.54. The van der Waals surface area contributed by atoms with Gasteiger partial charge in [-0.05, 0) is 29.5 Å². The molecule has 0 radical (unpaired) electrons. The first-order valence-corrected chi connectivity index (χ1v) is 10.6. The zero-order valence-corrected chi connectivity index (χ0v) is 17.4. The molecule has 3 aromatic rings. The van der Waals surface area contributed by atoms with Crippen LogP contribution in [-0.2, 0) is 6.42 Å². The van der Waals surface area contributed by atoms with Crippen LogP contribution in [0.25, 0.3) is 0 Å². The number of carbonyl (C=O) groups is 1. The van der Waals surface area contributed by atoms with Crippen LogP contribution >= 0.6 is 22.9 Å². The summed E-state index contributed by atoms with van der Waals surface area (Å²) in [5, 5.41) is 11.4. The topological polar surface area (TPSA) is 59.0 Å². The Morgan fingerprint density at radius 3 is 2.77 bits per heavy atom. The van der Waals surface area contributed by atoms with Crippen LogP contribution in [0.3, 0.4) is 0 Å². The molecular weight excluding hydrogens is 437 g/mol. The van der Waals surface area contributed by atoms with Crippen molar-refractivity contribution in [1.82, 2.24) is 9.78 Å². The van der Waals surface area contributed by atoms with E-state index in [1.54, 1.807) is 29.6 Å². The Labute approximate surface area is 179 Å². The minimum Gasteiger partial charge on any atom is -0.361 e. The van der Waals surface area contributed by atoms with Gasteiger partial charge in [0.2, 0.25) is 0 Å². The zero-order chi connectivity index (χ0) is 21.5. The number of hydrogen-bond acceptors (Lipinski definition) is 4. The number of amides is 1. The number of carbonyl (C=O) groups excluding carboxylic acids is 1. The van der Waals surface area contributed by atoms with Crippen LogP contribution in [0.1, 0.15) is 46.4 Å². The molecule has 30 heavy (non-hydrogen) atoms. The van der Waals surface area contributed by atoms with Gasteiger partial charge in [-0.2, -0.15) is 18.3 Å². The minimum absolute atomic E-state index is 0.00225. The van der Waals surface area contributed by atoms with E-state index in [0.717, 1.165) is 15.1 Å². The first kappa shape index (κ1) is 20.7. The Morgan fingerprint density at radius 1 is 1.33 bits per heavy atom. The molecule has 2 N–H and O–H groups in total. The lowest BCUT2D eigenvalue weighted by Gasteiger charge is -2.32. The van der Waals surface area contributed by atoms with E-state index >= 15 is 0 Å². The lowest BCUT2D eigenvalue weighted by atomic mass is 10.0. The minimum atomic E-state index is -4.54. The summed E-state index contributed by atoms with van der Waals surface area (Å²) >= 11 is 7.71. The maximum absolute atomic E-state index is 13.8. The van der Waals surface area contributed by atoms with Crippen molar-refractivity contribution in [3.63, 3.8) is 0 Å². The average molecular weight is 455 g/mol. The van der Waals surface area contributed by atoms with Gasteiger partial charge in [0, 0.05) is 17.0 Å². The summed E-state index contributed by atoms with van der Waals surface area (Å²) in [6.07, 6.45) is -4.09. The van der Waals surface area contributed by atoms with Crippen LogP contribution in [0.15, 0.2) is 41.8 Å². The van der Waals surface area contributed by atoms with E-state index in [1.807, 2.05) is 19.1 Å². The van der Waals surface area contributed by atoms with E-state index in [4.69, 9.17) is 11.6 Å². The molecule has 1 aliphatic rings. The molecule has 5 nitrogen and oxygen atoms in total. The summed E-state index contributed by atoms with van der Waals surface area (Å²) in [7, 11) is 0. The molecule has 0 unspecified atom stereocenters. The summed E-state index contributed by atoms with van der Waals surface area (Å²) in [6.45, 7) is 1.94. The normalized spacial score (nSPS) is 18.6. The highest BCUT2D eigenvalue weighted by atomic mass is 35.5. The molecule has 10 heteroatoms. The highest BCUT2D eigenvalue weighted by molar-refractivity contribution is 7.10. The van der Waals surface area contributed by atoms with Gasteiger partial charge < -0.3 is 10.6 Å². The van der Waals surface area contributed by atoms with E-state index in [0.29, 0.717) is 12.1 Å². The summed E-state index contributed by atoms with van der Waals surface area (Å²) in [5.41, 5.74) is 1.23. The highest BCUT2D eigenvalue weighted by Gasteiger charge is 2.48. The number of hydrogen-bond donors (Lipinski definition) is 2. The smallest absolute Gasteiger partial charge is 0.361 e. The first-order valence-electron chi connectivity index (χ1n) is 9.33. The van der Waals surface area contributed by atoms with Crippen LogP contribution in [0, 0.1) is 0 Å². The monoisotopic (exact) mass is 454 g/mol. The summed E-state index contributed by atoms with van der Waals surface area (Å²) in [5.74, 6) is -0.657. The number of thiophene rings is 1. The standard InChI is InChI=1S/C20H18ClF3N4OS/c1-2-11-6-3-4-7-12(11)26-19(29)17-16(21)18-25-13(14-8-5-9-30-14)10-15(20(22,23)24)28(18)27-17/h3-9,13,15,25H,2,10H2,1H3,(H,26,29)/t13-,15-/m1/s1. The Kier molecular flexibility index (Phi) is 5.50. The number of anilines is 2. The van der Waals surface area contributed by atoms with E-state index in [9.17, 15) is 18.0 Å². The van der Waals surface area contributed by atoms with Crippen molar-refractivity contribution in [2.45, 2.75) is 38.0 Å². The number of aromatic nitrogens is 2. The highest BCUT2D eigenvalue weighted by Crippen LogP contribution is 2.46. The van der Waals surface area contributed by atoms with Crippen molar-refractivity contribution >= 4 is 40.4 Å². The van der Waals surface area contributed by atoms with Gasteiger partial charge in [0.15, 0.2) is 11.7 Å². The van der Waals surface area contributed by atoms with E-state index in [1.165, 1.54) is 11.3 Å². The van der Waals surface area contributed by atoms with Crippen LogP contribution < -0.4 is 10.6 Å². The first-order chi connectivity index (χ1) is 14.3. The largest absolute Gasteiger partial charge is 0.410 e. The number of rotatable bonds is 4. The maximum Gasteiger partial charge on any atom is 0.410 e. The van der Waals surface area contributed by atoms with Crippen LogP contribution in [0.4, 0.5) is 24.7 Å². The maximum atomic E-state index is 13.8. The van der Waals surface area contributed by atoms with E-state index < -0.39 is 24.2 Å². The predicted octanol–water partition coefficient (Wildman–Crippen LogP) is 6.07. The lowest BCUT2D eigenvalue weighted by Crippen LogP contribution is -2.35. The second-order valence-corrected chi connectivity index (χ2v) is 8.28. The van der Waals surface area contributed by atoms with Crippen molar-refractivity contribution in [2.75, 3.05) is 10.6 Å². The van der Waals surface area contributed by atoms with Crippen molar-refractivity contribution in [2.24, 2.45) is 0 Å². The number of nitrogens with zero attached hydrogens (tertiary/aromatic N) is 2. The molecule has 0 bridgehead atoms. The second-order valence-electron chi connectivity index (χ2n) is 6.93. The quantitative estimate of drug-likeness (QED) is 0.502. The number of alkyl halides is 3. The third-order valence-electron chi connectivity index (χ3n) is 5.04.